The molecule has 0 bridgehead atoms. The van der Waals surface area contributed by atoms with Gasteiger partial charge in [-0.2, -0.15) is 0 Å². The van der Waals surface area contributed by atoms with E-state index in [0.29, 0.717) is 18.4 Å². The Kier molecular flexibility index (Phi) is 4.55. The van der Waals surface area contributed by atoms with Gasteiger partial charge in [-0.1, -0.05) is 25.5 Å². The summed E-state index contributed by atoms with van der Waals surface area (Å²) in [4.78, 5) is 4.33. The first-order valence-electron chi connectivity index (χ1n) is 6.87. The van der Waals surface area contributed by atoms with Gasteiger partial charge in [-0.25, -0.2) is 4.98 Å². The fraction of sp³-hybridized carbons (Fsp3) is 0.400. The molecular formula is C15H17F3N2O. The lowest BCUT2D eigenvalue weighted by atomic mass is 10.1. The van der Waals surface area contributed by atoms with Crippen molar-refractivity contribution in [2.45, 2.75) is 33.1 Å². The average Bonchev–Trinajstić information content (AvgIpc) is 2.39. The van der Waals surface area contributed by atoms with Crippen molar-refractivity contribution >= 4 is 16.6 Å². The Morgan fingerprint density at radius 1 is 1.24 bits per heavy atom. The second kappa shape index (κ2) is 6.20. The van der Waals surface area contributed by atoms with E-state index in [1.54, 1.807) is 6.07 Å². The molecule has 3 nitrogen and oxygen atoms in total. The van der Waals surface area contributed by atoms with Crippen molar-refractivity contribution in [3.05, 3.63) is 30.0 Å². The monoisotopic (exact) mass is 298 g/mol. The number of halogens is 3. The number of ether oxygens (including phenoxy) is 1. The van der Waals surface area contributed by atoms with Crippen LogP contribution in [0, 0.1) is 0 Å². The zero-order chi connectivity index (χ0) is 15.5. The summed E-state index contributed by atoms with van der Waals surface area (Å²) in [5.41, 5.74) is 1.76. The molecule has 1 N–H and O–H groups in total. The number of aromatic nitrogens is 1. The third-order valence-corrected chi connectivity index (χ3v) is 2.95. The largest absolute Gasteiger partial charge is 0.573 e. The Hall–Kier alpha value is -1.98. The van der Waals surface area contributed by atoms with Gasteiger partial charge >= 0.3 is 6.36 Å². The smallest absolute Gasteiger partial charge is 0.403 e. The number of anilines is 1. The minimum absolute atomic E-state index is 0.233. The van der Waals surface area contributed by atoms with Gasteiger partial charge in [-0.15, -0.1) is 13.2 Å². The van der Waals surface area contributed by atoms with Crippen LogP contribution < -0.4 is 10.1 Å². The maximum Gasteiger partial charge on any atom is 0.573 e. The highest BCUT2D eigenvalue weighted by Crippen LogP contribution is 2.33. The highest BCUT2D eigenvalue weighted by Gasteiger charge is 2.32. The predicted molar refractivity (Wildman–Crippen MR) is 76.6 cm³/mol. The van der Waals surface area contributed by atoms with Gasteiger partial charge in [0.1, 0.15) is 5.52 Å². The Balaban J connectivity index is 2.60. The van der Waals surface area contributed by atoms with E-state index in [-0.39, 0.29) is 11.3 Å². The molecule has 2 aromatic rings. The fourth-order valence-electron chi connectivity index (χ4n) is 2.20. The summed E-state index contributed by atoms with van der Waals surface area (Å²) < 4.78 is 41.6. The van der Waals surface area contributed by atoms with Crippen molar-refractivity contribution in [3.8, 4) is 5.75 Å². The molecule has 0 unspecified atom stereocenters. The number of nitrogens with zero attached hydrogens (tertiary/aromatic N) is 1. The average molecular weight is 298 g/mol. The summed E-state index contributed by atoms with van der Waals surface area (Å²) in [6.45, 7) is 4.60. The van der Waals surface area contributed by atoms with E-state index < -0.39 is 6.36 Å². The number of fused-ring (bicyclic) bond motifs is 1. The van der Waals surface area contributed by atoms with Crippen LogP contribution in [-0.4, -0.2) is 17.9 Å². The standard InChI is InChI=1S/C15H17F3N2O/c1-3-6-10-9-12(19-4-2)11-7-5-8-13(14(11)20-10)21-15(16,17)18/h5,7-9H,3-4,6H2,1-2H3,(H,19,20). The topological polar surface area (TPSA) is 34.1 Å². The minimum Gasteiger partial charge on any atom is -0.403 e. The van der Waals surface area contributed by atoms with Gasteiger partial charge in [-0.05, 0) is 25.5 Å². The van der Waals surface area contributed by atoms with E-state index in [1.165, 1.54) is 12.1 Å². The first-order chi connectivity index (χ1) is 9.94. The van der Waals surface area contributed by atoms with Gasteiger partial charge < -0.3 is 10.1 Å². The van der Waals surface area contributed by atoms with Gasteiger partial charge in [0.25, 0.3) is 0 Å². The number of para-hydroxylation sites is 1. The molecule has 0 spiro atoms. The molecule has 0 aliphatic rings. The molecule has 0 saturated heterocycles. The molecular weight excluding hydrogens is 281 g/mol. The molecule has 0 atom stereocenters. The fourth-order valence-corrected chi connectivity index (χ4v) is 2.20. The van der Waals surface area contributed by atoms with Crippen LogP contribution in [0.4, 0.5) is 18.9 Å². The van der Waals surface area contributed by atoms with Gasteiger partial charge in [0.05, 0.1) is 0 Å². The first-order valence-corrected chi connectivity index (χ1v) is 6.87. The molecule has 1 aromatic carbocycles. The molecule has 2 rings (SSSR count). The highest BCUT2D eigenvalue weighted by molar-refractivity contribution is 5.95. The van der Waals surface area contributed by atoms with E-state index in [1.807, 2.05) is 19.9 Å². The van der Waals surface area contributed by atoms with E-state index >= 15 is 0 Å². The maximum absolute atomic E-state index is 12.5. The predicted octanol–water partition coefficient (Wildman–Crippen LogP) is 4.52. The number of benzene rings is 1. The quantitative estimate of drug-likeness (QED) is 0.881. The normalized spacial score (nSPS) is 11.7. The second-order valence-electron chi connectivity index (χ2n) is 4.64. The van der Waals surface area contributed by atoms with Crippen molar-refractivity contribution < 1.29 is 17.9 Å². The first kappa shape index (κ1) is 15.4. The van der Waals surface area contributed by atoms with Crippen LogP contribution in [0.2, 0.25) is 0 Å². The summed E-state index contributed by atoms with van der Waals surface area (Å²) in [6, 6.07) is 6.44. The number of hydrogen-bond acceptors (Lipinski definition) is 3. The van der Waals surface area contributed by atoms with E-state index in [4.69, 9.17) is 0 Å². The molecule has 0 radical (unpaired) electrons. The van der Waals surface area contributed by atoms with Gasteiger partial charge in [0.15, 0.2) is 5.75 Å². The Bertz CT molecular complexity index is 626. The summed E-state index contributed by atoms with van der Waals surface area (Å²) in [5.74, 6) is -0.267. The summed E-state index contributed by atoms with van der Waals surface area (Å²) in [7, 11) is 0. The summed E-state index contributed by atoms with van der Waals surface area (Å²) in [6.07, 6.45) is -3.16. The third kappa shape index (κ3) is 3.77. The summed E-state index contributed by atoms with van der Waals surface area (Å²) in [5, 5.41) is 3.79. The van der Waals surface area contributed by atoms with Crippen LogP contribution in [0.1, 0.15) is 26.0 Å². The van der Waals surface area contributed by atoms with Gasteiger partial charge in [0, 0.05) is 23.3 Å². The minimum atomic E-state index is -4.73. The lowest BCUT2D eigenvalue weighted by molar-refractivity contribution is -0.274. The number of hydrogen-bond donors (Lipinski definition) is 1. The number of alkyl halides is 3. The molecule has 114 valence electrons. The van der Waals surface area contributed by atoms with Gasteiger partial charge in [0.2, 0.25) is 0 Å². The zero-order valence-electron chi connectivity index (χ0n) is 11.9. The van der Waals surface area contributed by atoms with Crippen molar-refractivity contribution in [3.63, 3.8) is 0 Å². The zero-order valence-corrected chi connectivity index (χ0v) is 11.9. The highest BCUT2D eigenvalue weighted by atomic mass is 19.4. The van der Waals surface area contributed by atoms with Crippen molar-refractivity contribution in [2.75, 3.05) is 11.9 Å². The van der Waals surface area contributed by atoms with Gasteiger partial charge in [-0.3, -0.25) is 0 Å². The van der Waals surface area contributed by atoms with E-state index in [9.17, 15) is 13.2 Å². The van der Waals surface area contributed by atoms with Crippen molar-refractivity contribution in [2.24, 2.45) is 0 Å². The molecule has 1 aromatic heterocycles. The molecule has 0 aliphatic heterocycles. The number of rotatable bonds is 5. The number of aryl methyl sites for hydroxylation is 1. The number of nitrogens with one attached hydrogen (secondary N) is 1. The molecule has 6 heteroatoms. The summed E-state index contributed by atoms with van der Waals surface area (Å²) >= 11 is 0. The van der Waals surface area contributed by atoms with E-state index in [0.717, 1.165) is 17.8 Å². The van der Waals surface area contributed by atoms with Crippen LogP contribution in [0.5, 0.6) is 5.75 Å². The van der Waals surface area contributed by atoms with E-state index in [2.05, 4.69) is 15.0 Å². The van der Waals surface area contributed by atoms with Crippen LogP contribution in [0.3, 0.4) is 0 Å². The van der Waals surface area contributed by atoms with Crippen molar-refractivity contribution in [1.29, 1.82) is 0 Å². The molecule has 21 heavy (non-hydrogen) atoms. The molecule has 0 amide bonds. The van der Waals surface area contributed by atoms with Crippen LogP contribution >= 0.6 is 0 Å². The lowest BCUT2D eigenvalue weighted by Gasteiger charge is -2.14. The van der Waals surface area contributed by atoms with Crippen LogP contribution in [0.15, 0.2) is 24.3 Å². The van der Waals surface area contributed by atoms with Crippen LogP contribution in [0.25, 0.3) is 10.9 Å². The SMILES string of the molecule is CCCc1cc(NCC)c2cccc(OC(F)(F)F)c2n1. The Labute approximate surface area is 121 Å². The van der Waals surface area contributed by atoms with Crippen LogP contribution in [-0.2, 0) is 6.42 Å². The lowest BCUT2D eigenvalue weighted by Crippen LogP contribution is -2.17. The number of pyridine rings is 1. The maximum atomic E-state index is 12.5. The molecule has 0 saturated carbocycles. The molecule has 0 fully saturated rings. The second-order valence-corrected chi connectivity index (χ2v) is 4.64. The third-order valence-electron chi connectivity index (χ3n) is 2.95. The Morgan fingerprint density at radius 3 is 2.62 bits per heavy atom. The molecule has 0 aliphatic carbocycles. The Morgan fingerprint density at radius 2 is 2.00 bits per heavy atom. The molecule has 1 heterocycles. The van der Waals surface area contributed by atoms with Crippen molar-refractivity contribution in [1.82, 2.24) is 4.98 Å².